The molecule has 1 heterocycles. The number of halogens is 3. The van der Waals surface area contributed by atoms with Crippen LogP contribution in [0.5, 0.6) is 0 Å². The molecule has 0 saturated carbocycles. The van der Waals surface area contributed by atoms with Gasteiger partial charge in [0, 0.05) is 32.2 Å². The highest BCUT2D eigenvalue weighted by molar-refractivity contribution is 5.29. The number of rotatable bonds is 3. The Balaban J connectivity index is 2.25. The number of benzene rings is 1. The highest BCUT2D eigenvalue weighted by Gasteiger charge is 2.36. The number of hydrogen-bond donors (Lipinski definition) is 1. The first kappa shape index (κ1) is 14.3. The molecule has 0 aromatic heterocycles. The van der Waals surface area contributed by atoms with Crippen molar-refractivity contribution >= 4 is 0 Å². The maximum atomic E-state index is 12.8. The second-order valence-electron chi connectivity index (χ2n) is 4.98. The van der Waals surface area contributed by atoms with Gasteiger partial charge in [-0.2, -0.15) is 13.2 Å². The number of nitrogens with zero attached hydrogens (tertiary/aromatic N) is 1. The highest BCUT2D eigenvalue weighted by atomic mass is 19.4. The summed E-state index contributed by atoms with van der Waals surface area (Å²) in [5.74, 6) is 0. The zero-order chi connectivity index (χ0) is 13.9. The maximum absolute atomic E-state index is 12.8. The summed E-state index contributed by atoms with van der Waals surface area (Å²) in [5.41, 5.74) is 1.72. The van der Waals surface area contributed by atoms with Crippen molar-refractivity contribution in [2.45, 2.75) is 25.6 Å². The monoisotopic (exact) mass is 272 g/mol. The molecule has 1 saturated heterocycles. The molecule has 2 nitrogen and oxygen atoms in total. The van der Waals surface area contributed by atoms with Crippen LogP contribution in [0.25, 0.3) is 0 Å². The summed E-state index contributed by atoms with van der Waals surface area (Å²) in [5, 5.41) is 3.18. The first-order valence-electron chi connectivity index (χ1n) is 6.54. The molecule has 0 bridgehead atoms. The van der Waals surface area contributed by atoms with E-state index >= 15 is 0 Å². The van der Waals surface area contributed by atoms with E-state index in [1.165, 1.54) is 0 Å². The van der Waals surface area contributed by atoms with E-state index in [1.54, 1.807) is 0 Å². The van der Waals surface area contributed by atoms with Gasteiger partial charge in [0.25, 0.3) is 0 Å². The molecule has 0 amide bonds. The van der Waals surface area contributed by atoms with E-state index in [1.807, 2.05) is 36.1 Å². The second-order valence-corrected chi connectivity index (χ2v) is 4.98. The van der Waals surface area contributed by atoms with Gasteiger partial charge in [-0.25, -0.2) is 0 Å². The van der Waals surface area contributed by atoms with Crippen molar-refractivity contribution < 1.29 is 13.2 Å². The zero-order valence-corrected chi connectivity index (χ0v) is 11.0. The van der Waals surface area contributed by atoms with Gasteiger partial charge >= 0.3 is 6.18 Å². The molecule has 0 aliphatic carbocycles. The van der Waals surface area contributed by atoms with E-state index in [-0.39, 0.29) is 0 Å². The van der Waals surface area contributed by atoms with Crippen LogP contribution in [0.15, 0.2) is 24.3 Å². The number of hydrogen-bond acceptors (Lipinski definition) is 2. The maximum Gasteiger partial charge on any atom is 0.390 e. The van der Waals surface area contributed by atoms with Crippen molar-refractivity contribution in [3.8, 4) is 0 Å². The molecule has 5 heteroatoms. The summed E-state index contributed by atoms with van der Waals surface area (Å²) in [4.78, 5) is 1.94. The van der Waals surface area contributed by atoms with Crippen LogP contribution in [-0.2, 0) is 0 Å². The smallest absolute Gasteiger partial charge is 0.314 e. The molecular weight excluding hydrogens is 253 g/mol. The van der Waals surface area contributed by atoms with Gasteiger partial charge in [0.05, 0.1) is 6.42 Å². The number of aryl methyl sites for hydroxylation is 1. The highest BCUT2D eigenvalue weighted by Crippen LogP contribution is 2.35. The lowest BCUT2D eigenvalue weighted by Crippen LogP contribution is -2.46. The number of alkyl halides is 3. The minimum absolute atomic E-state index is 0.566. The summed E-state index contributed by atoms with van der Waals surface area (Å²) < 4.78 is 38.5. The second kappa shape index (κ2) is 5.92. The molecule has 106 valence electrons. The summed E-state index contributed by atoms with van der Waals surface area (Å²) >= 11 is 0. The van der Waals surface area contributed by atoms with Crippen LogP contribution >= 0.6 is 0 Å². The molecule has 0 radical (unpaired) electrons. The summed E-state index contributed by atoms with van der Waals surface area (Å²) in [6.07, 6.45) is -4.92. The largest absolute Gasteiger partial charge is 0.390 e. The zero-order valence-electron chi connectivity index (χ0n) is 11.0. The van der Waals surface area contributed by atoms with Crippen molar-refractivity contribution in [2.75, 3.05) is 26.2 Å². The molecule has 19 heavy (non-hydrogen) atoms. The normalized spacial score (nSPS) is 19.4. The van der Waals surface area contributed by atoms with Crippen LogP contribution in [-0.4, -0.2) is 37.3 Å². The SMILES string of the molecule is Cc1ccccc1[C@H](CC(F)(F)F)N1CCNCC1. The molecule has 1 aliphatic rings. The Labute approximate surface area is 111 Å². The lowest BCUT2D eigenvalue weighted by atomic mass is 9.96. The van der Waals surface area contributed by atoms with Crippen LogP contribution in [0.3, 0.4) is 0 Å². The lowest BCUT2D eigenvalue weighted by Gasteiger charge is -2.36. The van der Waals surface area contributed by atoms with Gasteiger partial charge in [0.15, 0.2) is 0 Å². The van der Waals surface area contributed by atoms with E-state index in [4.69, 9.17) is 0 Å². The number of nitrogens with one attached hydrogen (secondary N) is 1. The molecule has 1 aliphatic heterocycles. The molecule has 1 atom stereocenters. The fourth-order valence-electron chi connectivity index (χ4n) is 2.61. The van der Waals surface area contributed by atoms with Crippen molar-refractivity contribution in [3.05, 3.63) is 35.4 Å². The van der Waals surface area contributed by atoms with Crippen molar-refractivity contribution in [1.29, 1.82) is 0 Å². The molecule has 2 rings (SSSR count). The van der Waals surface area contributed by atoms with Gasteiger partial charge < -0.3 is 5.32 Å². The molecule has 1 fully saturated rings. The molecule has 0 spiro atoms. The van der Waals surface area contributed by atoms with Crippen molar-refractivity contribution in [3.63, 3.8) is 0 Å². The van der Waals surface area contributed by atoms with E-state index in [9.17, 15) is 13.2 Å². The third kappa shape index (κ3) is 3.94. The van der Waals surface area contributed by atoms with Gasteiger partial charge in [-0.1, -0.05) is 24.3 Å². The summed E-state index contributed by atoms with van der Waals surface area (Å²) in [6, 6.07) is 6.80. The topological polar surface area (TPSA) is 15.3 Å². The fourth-order valence-corrected chi connectivity index (χ4v) is 2.61. The van der Waals surface area contributed by atoms with Crippen LogP contribution in [0.1, 0.15) is 23.6 Å². The van der Waals surface area contributed by atoms with Crippen molar-refractivity contribution in [2.24, 2.45) is 0 Å². The van der Waals surface area contributed by atoms with Gasteiger partial charge in [0.2, 0.25) is 0 Å². The minimum Gasteiger partial charge on any atom is -0.314 e. The van der Waals surface area contributed by atoms with Gasteiger partial charge in [0.1, 0.15) is 0 Å². The first-order chi connectivity index (χ1) is 8.97. The number of piperazine rings is 1. The summed E-state index contributed by atoms with van der Waals surface area (Å²) in [6.45, 7) is 4.70. The lowest BCUT2D eigenvalue weighted by molar-refractivity contribution is -0.148. The molecular formula is C14H19F3N2. The molecule has 1 aromatic rings. The van der Waals surface area contributed by atoms with E-state index < -0.39 is 18.6 Å². The third-order valence-electron chi connectivity index (χ3n) is 3.56. The van der Waals surface area contributed by atoms with Gasteiger partial charge in [-0.3, -0.25) is 4.90 Å². The molecule has 1 N–H and O–H groups in total. The third-order valence-corrected chi connectivity index (χ3v) is 3.56. The van der Waals surface area contributed by atoms with Crippen LogP contribution in [0.4, 0.5) is 13.2 Å². The van der Waals surface area contributed by atoms with Crippen LogP contribution in [0, 0.1) is 6.92 Å². The average molecular weight is 272 g/mol. The Morgan fingerprint density at radius 2 is 1.84 bits per heavy atom. The van der Waals surface area contributed by atoms with Crippen LogP contribution < -0.4 is 5.32 Å². The minimum atomic E-state index is -4.14. The molecule has 1 aromatic carbocycles. The average Bonchev–Trinajstić information content (AvgIpc) is 2.37. The van der Waals surface area contributed by atoms with Gasteiger partial charge in [-0.05, 0) is 18.1 Å². The predicted octanol–water partition coefficient (Wildman–Crippen LogP) is 2.89. The standard InChI is InChI=1S/C14H19F3N2/c1-11-4-2-3-5-12(11)13(10-14(15,16)17)19-8-6-18-7-9-19/h2-5,13,18H,6-10H2,1H3/t13-/m0/s1. The van der Waals surface area contributed by atoms with Crippen molar-refractivity contribution in [1.82, 2.24) is 10.2 Å². The Morgan fingerprint density at radius 1 is 1.21 bits per heavy atom. The Kier molecular flexibility index (Phi) is 4.47. The van der Waals surface area contributed by atoms with Gasteiger partial charge in [-0.15, -0.1) is 0 Å². The Bertz CT molecular complexity index is 411. The van der Waals surface area contributed by atoms with E-state index in [0.29, 0.717) is 13.1 Å². The van der Waals surface area contributed by atoms with Crippen LogP contribution in [0.2, 0.25) is 0 Å². The Hall–Kier alpha value is -1.07. The Morgan fingerprint density at radius 3 is 2.42 bits per heavy atom. The van der Waals surface area contributed by atoms with E-state index in [2.05, 4.69) is 5.32 Å². The molecule has 0 unspecified atom stereocenters. The van der Waals surface area contributed by atoms with E-state index in [0.717, 1.165) is 24.2 Å². The quantitative estimate of drug-likeness (QED) is 0.910. The summed E-state index contributed by atoms with van der Waals surface area (Å²) in [7, 11) is 0. The fraction of sp³-hybridized carbons (Fsp3) is 0.571. The predicted molar refractivity (Wildman–Crippen MR) is 69.0 cm³/mol. The first-order valence-corrected chi connectivity index (χ1v) is 6.54.